The van der Waals surface area contributed by atoms with Gasteiger partial charge in [-0.3, -0.25) is 33.7 Å². The second-order valence-corrected chi connectivity index (χ2v) is 23.9. The second-order valence-electron chi connectivity index (χ2n) is 22.9. The van der Waals surface area contributed by atoms with Crippen LogP contribution in [-0.4, -0.2) is 130 Å². The summed E-state index contributed by atoms with van der Waals surface area (Å²) < 4.78 is 50.5. The van der Waals surface area contributed by atoms with Gasteiger partial charge in [0.1, 0.15) is 45.9 Å². The first-order valence-corrected chi connectivity index (χ1v) is 29.4. The molecule has 3 heterocycles. The van der Waals surface area contributed by atoms with Gasteiger partial charge in [0.25, 0.3) is 5.91 Å². The minimum atomic E-state index is -4.18. The van der Waals surface area contributed by atoms with Gasteiger partial charge in [0.05, 0.1) is 25.6 Å². The van der Waals surface area contributed by atoms with E-state index in [1.54, 1.807) is 62.8 Å². The Kier molecular flexibility index (Phi) is 21.9. The highest BCUT2D eigenvalue weighted by atomic mass is 32.1. The average molecular weight is 1170 g/mol. The number of carbonyl (C=O) groups excluding carboxylic acids is 7. The quantitative estimate of drug-likeness (QED) is 0.0615. The molecule has 18 nitrogen and oxygen atoms in total. The molecule has 2 aromatic carbocycles. The Bertz CT molecular complexity index is 2950. The number of thiazole rings is 1. The second kappa shape index (κ2) is 28.8. The number of halogens is 3. The minimum absolute atomic E-state index is 0.0201. The van der Waals surface area contributed by atoms with Crippen LogP contribution in [0.4, 0.5) is 28.1 Å². The van der Waals surface area contributed by atoms with Crippen LogP contribution in [0.3, 0.4) is 0 Å². The Morgan fingerprint density at radius 1 is 0.867 bits per heavy atom. The van der Waals surface area contributed by atoms with Crippen LogP contribution in [-0.2, 0) is 41.7 Å². The molecule has 2 aliphatic carbocycles. The molecule has 7 rings (SSSR count). The number of allylic oxidation sites excluding steroid dienone is 1. The van der Waals surface area contributed by atoms with E-state index in [1.807, 2.05) is 54.6 Å². The molecule has 7 amide bonds. The molecule has 83 heavy (non-hydrogen) atoms. The van der Waals surface area contributed by atoms with Crippen molar-refractivity contribution in [2.45, 2.75) is 154 Å². The first kappa shape index (κ1) is 63.2. The first-order valence-electron chi connectivity index (χ1n) is 28.6. The number of alkyl halides is 3. The van der Waals surface area contributed by atoms with Crippen molar-refractivity contribution in [2.24, 2.45) is 17.8 Å². The fourth-order valence-electron chi connectivity index (χ4n) is 10.7. The summed E-state index contributed by atoms with van der Waals surface area (Å²) in [7, 11) is 4.62. The predicted octanol–water partition coefficient (Wildman–Crippen LogP) is 10.2. The molecule has 1 saturated heterocycles. The number of hydrogen-bond donors (Lipinski definition) is 4. The highest BCUT2D eigenvalue weighted by Crippen LogP contribution is 2.41. The van der Waals surface area contributed by atoms with E-state index in [0.29, 0.717) is 66.2 Å². The number of hydrogen-bond acceptors (Lipinski definition) is 12. The maximum absolute atomic E-state index is 14.6. The summed E-state index contributed by atoms with van der Waals surface area (Å²) in [6.07, 6.45) is 6.95. The molecule has 0 bridgehead atoms. The van der Waals surface area contributed by atoms with Gasteiger partial charge in [-0.2, -0.15) is 13.2 Å². The van der Waals surface area contributed by atoms with Gasteiger partial charge in [-0.05, 0) is 115 Å². The molecular weight excluding hydrogens is 1090 g/mol. The third-order valence-electron chi connectivity index (χ3n) is 15.6. The SMILES string of the molecule is COc1cnc(C(=O)NCc2cccc(CC(=O)N(C)CCCC(=O)Nc3nc(-c4ccccc4)c(NC(=O)[C@@H]4CCCN4C(=O)C(NC(=O)[C@H](C)N(C)C(=O)OC(C)(C)C)C4CCCCC4)s3)c2)cc1/C=C/C1CCC(C(F)(F)F)CC1. The van der Waals surface area contributed by atoms with E-state index < -0.39 is 59.6 Å². The fourth-order valence-corrected chi connectivity index (χ4v) is 11.6. The van der Waals surface area contributed by atoms with Crippen LogP contribution < -0.4 is 26.0 Å². The summed E-state index contributed by atoms with van der Waals surface area (Å²) in [5.74, 6) is -3.26. The van der Waals surface area contributed by atoms with Gasteiger partial charge in [-0.15, -0.1) is 0 Å². The minimum Gasteiger partial charge on any atom is -0.495 e. The maximum Gasteiger partial charge on any atom is 0.410 e. The van der Waals surface area contributed by atoms with E-state index in [-0.39, 0.29) is 79.2 Å². The van der Waals surface area contributed by atoms with E-state index in [0.717, 1.165) is 54.6 Å². The molecule has 2 aromatic heterocycles. The number of rotatable bonds is 21. The van der Waals surface area contributed by atoms with Gasteiger partial charge >= 0.3 is 12.3 Å². The fraction of sp³-hybridized carbons (Fsp3) is 0.525. The van der Waals surface area contributed by atoms with Crippen LogP contribution in [0.15, 0.2) is 72.9 Å². The van der Waals surface area contributed by atoms with Crippen molar-refractivity contribution in [3.63, 3.8) is 0 Å². The van der Waals surface area contributed by atoms with Crippen molar-refractivity contribution in [3.05, 3.63) is 95.3 Å². The van der Waals surface area contributed by atoms with E-state index >= 15 is 0 Å². The summed E-state index contributed by atoms with van der Waals surface area (Å²) in [5, 5.41) is 12.4. The Labute approximate surface area is 487 Å². The zero-order valence-corrected chi connectivity index (χ0v) is 49.3. The average Bonchev–Trinajstić information content (AvgIpc) is 4.16. The zero-order chi connectivity index (χ0) is 60.0. The molecule has 22 heteroatoms. The standard InChI is InChI=1S/C61H78F3N9O9S/c1-38(72(6)59(80)82-60(2,3)4)53(76)68-52(43-21-12-9-13-22-43)57(79)73-32-15-23-47(73)55(78)70-56-51(42-19-10-8-11-20-42)69-58(83-56)67-49(74)24-16-31-71(5)50(75)34-40-17-14-18-41(33-40)36-66-54(77)46-35-44(48(81-7)37-65-46)28-25-39-26-29-45(30-27-39)61(62,63)64/h8,10-11,14,17-20,25,28,33,35,37-39,43,45,47,52H,9,12-13,15-16,21-24,26-27,29-32,34,36H2,1-7H3,(H,66,77)(H,68,76)(H,70,78)(H,67,69,74)/b28-25+/t38-,39?,45?,47-,52?/m0/s1. The van der Waals surface area contributed by atoms with Crippen molar-refractivity contribution < 1.29 is 56.2 Å². The molecule has 4 N–H and O–H groups in total. The number of methoxy groups -OCH3 is 1. The van der Waals surface area contributed by atoms with Crippen LogP contribution in [0, 0.1) is 17.8 Å². The molecule has 3 aliphatic rings. The number of pyridine rings is 1. The summed E-state index contributed by atoms with van der Waals surface area (Å²) in [6.45, 7) is 7.54. The number of aromatic nitrogens is 2. The number of carbonyl (C=O) groups is 7. The number of anilines is 2. The third-order valence-corrected chi connectivity index (χ3v) is 16.5. The highest BCUT2D eigenvalue weighted by Gasteiger charge is 2.43. The Hall–Kier alpha value is -7.36. The molecule has 0 spiro atoms. The van der Waals surface area contributed by atoms with Crippen molar-refractivity contribution >= 4 is 69.1 Å². The highest BCUT2D eigenvalue weighted by molar-refractivity contribution is 7.20. The summed E-state index contributed by atoms with van der Waals surface area (Å²) in [6, 6.07) is 15.3. The van der Waals surface area contributed by atoms with Crippen LogP contribution in [0.2, 0.25) is 0 Å². The monoisotopic (exact) mass is 1170 g/mol. The van der Waals surface area contributed by atoms with Crippen molar-refractivity contribution in [1.82, 2.24) is 35.3 Å². The summed E-state index contributed by atoms with van der Waals surface area (Å²) in [5.41, 5.74) is 2.55. The van der Waals surface area contributed by atoms with Crippen LogP contribution in [0.5, 0.6) is 5.75 Å². The predicted molar refractivity (Wildman–Crippen MR) is 311 cm³/mol. The number of ether oxygens (including phenoxy) is 2. The molecule has 1 unspecified atom stereocenters. The van der Waals surface area contributed by atoms with Gasteiger partial charge in [0.15, 0.2) is 5.13 Å². The molecule has 3 fully saturated rings. The topological polar surface area (TPSA) is 222 Å². The van der Waals surface area contributed by atoms with Crippen molar-refractivity contribution in [1.29, 1.82) is 0 Å². The number of benzene rings is 2. The zero-order valence-electron chi connectivity index (χ0n) is 48.4. The maximum atomic E-state index is 14.6. The molecule has 2 saturated carbocycles. The van der Waals surface area contributed by atoms with Crippen molar-refractivity contribution in [2.75, 3.05) is 44.9 Å². The van der Waals surface area contributed by atoms with E-state index in [2.05, 4.69) is 26.3 Å². The lowest BCUT2D eigenvalue weighted by Gasteiger charge is -2.36. The van der Waals surface area contributed by atoms with E-state index in [1.165, 1.54) is 25.3 Å². The number of likely N-dealkylation sites (N-methyl/N-ethyl adjacent to an activating group) is 2. The molecule has 4 aromatic rings. The van der Waals surface area contributed by atoms with Gasteiger partial charge in [0.2, 0.25) is 29.5 Å². The normalized spacial score (nSPS) is 18.4. The smallest absolute Gasteiger partial charge is 0.410 e. The Morgan fingerprint density at radius 3 is 2.27 bits per heavy atom. The lowest BCUT2D eigenvalue weighted by molar-refractivity contribution is -0.183. The van der Waals surface area contributed by atoms with Gasteiger partial charge in [-0.25, -0.2) is 14.8 Å². The number of nitrogens with zero attached hydrogens (tertiary/aromatic N) is 5. The molecule has 3 atom stereocenters. The third kappa shape index (κ3) is 17.8. The van der Waals surface area contributed by atoms with E-state index in [4.69, 9.17) is 14.5 Å². The van der Waals surface area contributed by atoms with Gasteiger partial charge in [0, 0.05) is 51.3 Å². The van der Waals surface area contributed by atoms with Crippen molar-refractivity contribution in [3.8, 4) is 17.0 Å². The summed E-state index contributed by atoms with van der Waals surface area (Å²) >= 11 is 1.09. The lowest BCUT2D eigenvalue weighted by atomic mass is 9.81. The lowest BCUT2D eigenvalue weighted by Crippen LogP contribution is -2.58. The number of amides is 7. The van der Waals surface area contributed by atoms with Gasteiger partial charge < -0.3 is 40.5 Å². The Balaban J connectivity index is 0.906. The van der Waals surface area contributed by atoms with Crippen LogP contribution in [0.1, 0.15) is 138 Å². The van der Waals surface area contributed by atoms with Crippen LogP contribution in [0.25, 0.3) is 17.3 Å². The molecule has 1 aliphatic heterocycles. The molecule has 0 radical (unpaired) electrons. The van der Waals surface area contributed by atoms with Crippen LogP contribution >= 0.6 is 11.3 Å². The first-order chi connectivity index (χ1) is 39.5. The van der Waals surface area contributed by atoms with E-state index in [9.17, 15) is 46.7 Å². The van der Waals surface area contributed by atoms with Gasteiger partial charge in [-0.1, -0.05) is 97.3 Å². The largest absolute Gasteiger partial charge is 0.495 e. The number of likely N-dealkylation sites (tertiary alicyclic amines) is 1. The Morgan fingerprint density at radius 2 is 1.58 bits per heavy atom. The molecular formula is C61H78F3N9O9S. The molecule has 448 valence electrons. The number of nitrogens with one attached hydrogen (secondary N) is 4. The summed E-state index contributed by atoms with van der Waals surface area (Å²) in [4.78, 5) is 109.